The summed E-state index contributed by atoms with van der Waals surface area (Å²) in [6.07, 6.45) is 1.70. The molecule has 0 amide bonds. The van der Waals surface area contributed by atoms with E-state index in [1.165, 1.54) is 33.4 Å². The molecule has 1 aromatic heterocycles. The Morgan fingerprint density at radius 1 is 0.745 bits per heavy atom. The predicted octanol–water partition coefficient (Wildman–Crippen LogP) is 10.8. The van der Waals surface area contributed by atoms with Gasteiger partial charge in [-0.3, -0.25) is 4.79 Å². The highest BCUT2D eigenvalue weighted by atomic mass is 32.1. The van der Waals surface area contributed by atoms with E-state index in [-0.39, 0.29) is 16.8 Å². The second kappa shape index (κ2) is 10.6. The normalized spacial score (nSPS) is 15.8. The van der Waals surface area contributed by atoms with Crippen LogP contribution in [0.2, 0.25) is 0 Å². The first kappa shape index (κ1) is 29.2. The molecule has 0 aliphatic carbocycles. The molecule has 4 nitrogen and oxygen atoms in total. The number of anilines is 3. The number of Topliss-reactive ketones (excluding diaryl/α,β-unsaturated/α-hetero) is 1. The molecule has 3 heterocycles. The van der Waals surface area contributed by atoms with Crippen molar-refractivity contribution >= 4 is 56.3 Å². The number of ether oxygens (including phenoxy) is 1. The van der Waals surface area contributed by atoms with Crippen LogP contribution >= 0.6 is 11.3 Å². The molecule has 8 rings (SSSR count). The number of aryl methyl sites for hydroxylation is 3. The highest BCUT2D eigenvalue weighted by molar-refractivity contribution is 7.17. The molecule has 0 saturated heterocycles. The number of rotatable bonds is 3. The van der Waals surface area contributed by atoms with Gasteiger partial charge in [-0.15, -0.1) is 11.3 Å². The summed E-state index contributed by atoms with van der Waals surface area (Å²) in [7, 11) is 0. The molecule has 0 radical (unpaired) electrons. The van der Waals surface area contributed by atoms with Crippen molar-refractivity contribution in [2.24, 2.45) is 0 Å². The first-order chi connectivity index (χ1) is 22.6. The Balaban J connectivity index is 1.35. The molecule has 5 aromatic carbocycles. The van der Waals surface area contributed by atoms with Crippen LogP contribution in [0.1, 0.15) is 56.9 Å². The SMILES string of the molecule is Cc1cc(C)c(-c2ccc3c(c2)C(C)(C)c2cc(/C=C4\C(=O)Oc5ccccc5C4=O)sc2N3c2cccc3ccccc23)c(C)c1. The van der Waals surface area contributed by atoms with Crippen molar-refractivity contribution in [1.29, 1.82) is 0 Å². The molecule has 230 valence electrons. The third kappa shape index (κ3) is 4.56. The van der Waals surface area contributed by atoms with E-state index in [1.807, 2.05) is 0 Å². The molecular weight excluding hydrogens is 599 g/mol. The van der Waals surface area contributed by atoms with Crippen LogP contribution < -0.4 is 9.64 Å². The molecule has 2 aliphatic rings. The van der Waals surface area contributed by atoms with E-state index in [9.17, 15) is 9.59 Å². The van der Waals surface area contributed by atoms with Gasteiger partial charge < -0.3 is 9.64 Å². The van der Waals surface area contributed by atoms with Gasteiger partial charge in [-0.05, 0) is 102 Å². The molecular formula is C42H33NO3S. The van der Waals surface area contributed by atoms with Crippen molar-refractivity contribution in [3.63, 3.8) is 0 Å². The van der Waals surface area contributed by atoms with Crippen molar-refractivity contribution in [3.05, 3.63) is 147 Å². The van der Waals surface area contributed by atoms with Gasteiger partial charge in [0.2, 0.25) is 5.78 Å². The minimum atomic E-state index is -0.623. The molecule has 47 heavy (non-hydrogen) atoms. The lowest BCUT2D eigenvalue weighted by molar-refractivity contribution is -0.130. The number of carbonyl (C=O) groups is 2. The third-order valence-corrected chi connectivity index (χ3v) is 10.6. The quantitative estimate of drug-likeness (QED) is 0.0844. The number of ketones is 1. The summed E-state index contributed by atoms with van der Waals surface area (Å²) < 4.78 is 5.57. The second-order valence-electron chi connectivity index (χ2n) is 13.1. The van der Waals surface area contributed by atoms with Gasteiger partial charge in [0.25, 0.3) is 0 Å². The van der Waals surface area contributed by atoms with Crippen molar-refractivity contribution in [1.82, 2.24) is 0 Å². The van der Waals surface area contributed by atoms with Gasteiger partial charge in [-0.1, -0.05) is 86.1 Å². The molecule has 0 atom stereocenters. The number of thiophene rings is 1. The summed E-state index contributed by atoms with van der Waals surface area (Å²) >= 11 is 1.59. The molecule has 0 bridgehead atoms. The fourth-order valence-electron chi connectivity index (χ4n) is 7.41. The summed E-state index contributed by atoms with van der Waals surface area (Å²) in [5, 5.41) is 3.38. The van der Waals surface area contributed by atoms with E-state index in [2.05, 4.69) is 118 Å². The monoisotopic (exact) mass is 631 g/mol. The average molecular weight is 632 g/mol. The van der Waals surface area contributed by atoms with Gasteiger partial charge in [0.15, 0.2) is 0 Å². The van der Waals surface area contributed by atoms with Crippen molar-refractivity contribution in [3.8, 4) is 16.9 Å². The highest BCUT2D eigenvalue weighted by Crippen LogP contribution is 2.57. The fraction of sp³-hybridized carbons (Fsp3) is 0.143. The second-order valence-corrected chi connectivity index (χ2v) is 14.2. The number of hydrogen-bond donors (Lipinski definition) is 0. The van der Waals surface area contributed by atoms with Gasteiger partial charge in [0.1, 0.15) is 16.3 Å². The summed E-state index contributed by atoms with van der Waals surface area (Å²) in [6.45, 7) is 11.1. The molecule has 5 heteroatoms. The van der Waals surface area contributed by atoms with Crippen molar-refractivity contribution in [2.75, 3.05) is 4.90 Å². The van der Waals surface area contributed by atoms with Crippen molar-refractivity contribution in [2.45, 2.75) is 40.0 Å². The van der Waals surface area contributed by atoms with Crippen LogP contribution in [-0.2, 0) is 10.2 Å². The highest BCUT2D eigenvalue weighted by Gasteiger charge is 2.40. The summed E-state index contributed by atoms with van der Waals surface area (Å²) in [4.78, 5) is 29.8. The molecule has 0 fully saturated rings. The topological polar surface area (TPSA) is 46.6 Å². The molecule has 0 N–H and O–H groups in total. The zero-order valence-corrected chi connectivity index (χ0v) is 27.8. The first-order valence-electron chi connectivity index (χ1n) is 15.8. The number of esters is 1. The fourth-order valence-corrected chi connectivity index (χ4v) is 8.70. The van der Waals surface area contributed by atoms with Crippen LogP contribution in [0.5, 0.6) is 5.75 Å². The maximum absolute atomic E-state index is 13.5. The Labute approximate surface area is 278 Å². The zero-order chi connectivity index (χ0) is 32.6. The van der Waals surface area contributed by atoms with E-state index in [1.54, 1.807) is 41.7 Å². The Hall–Kier alpha value is -5.26. The van der Waals surface area contributed by atoms with Crippen LogP contribution in [0.3, 0.4) is 0 Å². The largest absolute Gasteiger partial charge is 0.422 e. The molecule has 0 unspecified atom stereocenters. The number of carbonyl (C=O) groups excluding carboxylic acids is 2. The lowest BCUT2D eigenvalue weighted by atomic mass is 9.74. The Morgan fingerprint density at radius 2 is 1.47 bits per heavy atom. The maximum atomic E-state index is 13.5. The standard InChI is InChI=1S/C42H33NO3S/c1-24-19-25(2)38(26(3)20-24)28-17-18-36-33(21-28)42(4,5)34-23-29(22-32-39(44)31-14-8-9-16-37(31)46-41(32)45)47-40(34)43(36)35-15-10-12-27-11-6-7-13-30(27)35/h6-23H,1-5H3/b32-22-. The van der Waals surface area contributed by atoms with Crippen LogP contribution in [0.4, 0.5) is 16.4 Å². The van der Waals surface area contributed by atoms with Crippen LogP contribution in [0, 0.1) is 20.8 Å². The lowest BCUT2D eigenvalue weighted by Crippen LogP contribution is -2.29. The Kier molecular flexibility index (Phi) is 6.61. The average Bonchev–Trinajstić information content (AvgIpc) is 3.48. The number of fused-ring (bicyclic) bond motifs is 4. The van der Waals surface area contributed by atoms with Gasteiger partial charge in [0.05, 0.1) is 16.9 Å². The van der Waals surface area contributed by atoms with E-state index >= 15 is 0 Å². The van der Waals surface area contributed by atoms with Crippen molar-refractivity contribution < 1.29 is 14.3 Å². The lowest BCUT2D eigenvalue weighted by Gasteiger charge is -2.40. The van der Waals surface area contributed by atoms with Gasteiger partial charge in [-0.2, -0.15) is 0 Å². The van der Waals surface area contributed by atoms with E-state index in [4.69, 9.17) is 4.74 Å². The van der Waals surface area contributed by atoms with E-state index in [0.717, 1.165) is 37.6 Å². The summed E-state index contributed by atoms with van der Waals surface area (Å²) in [5.74, 6) is -0.633. The Morgan fingerprint density at radius 3 is 2.28 bits per heavy atom. The summed E-state index contributed by atoms with van der Waals surface area (Å²) in [6, 6.07) is 35.3. The van der Waals surface area contributed by atoms with Gasteiger partial charge in [0, 0.05) is 15.7 Å². The van der Waals surface area contributed by atoms with E-state index in [0.29, 0.717) is 11.3 Å². The molecule has 0 saturated carbocycles. The zero-order valence-electron chi connectivity index (χ0n) is 27.0. The number of para-hydroxylation sites is 1. The minimum Gasteiger partial charge on any atom is -0.422 e. The summed E-state index contributed by atoms with van der Waals surface area (Å²) in [5.41, 5.74) is 10.9. The van der Waals surface area contributed by atoms with Crippen LogP contribution in [0.15, 0.2) is 109 Å². The number of nitrogens with zero attached hydrogens (tertiary/aromatic N) is 1. The maximum Gasteiger partial charge on any atom is 0.347 e. The predicted molar refractivity (Wildman–Crippen MR) is 193 cm³/mol. The van der Waals surface area contributed by atoms with Crippen LogP contribution in [-0.4, -0.2) is 11.8 Å². The van der Waals surface area contributed by atoms with Gasteiger partial charge in [-0.25, -0.2) is 4.79 Å². The third-order valence-electron chi connectivity index (χ3n) is 9.58. The smallest absolute Gasteiger partial charge is 0.347 e. The molecule has 0 spiro atoms. The van der Waals surface area contributed by atoms with E-state index < -0.39 is 5.97 Å². The number of benzene rings is 5. The minimum absolute atomic E-state index is 0.0435. The molecule has 6 aromatic rings. The number of hydrogen-bond acceptors (Lipinski definition) is 5. The first-order valence-corrected chi connectivity index (χ1v) is 16.7. The Bertz CT molecular complexity index is 2310. The molecule has 2 aliphatic heterocycles. The van der Waals surface area contributed by atoms with Gasteiger partial charge >= 0.3 is 5.97 Å². The van der Waals surface area contributed by atoms with Crippen LogP contribution in [0.25, 0.3) is 28.0 Å².